The lowest BCUT2D eigenvalue weighted by molar-refractivity contribution is -0.137. The van der Waals surface area contributed by atoms with Gasteiger partial charge in [-0.25, -0.2) is 0 Å². The topological polar surface area (TPSA) is 40.9 Å². The van der Waals surface area contributed by atoms with Crippen molar-refractivity contribution in [2.45, 2.75) is 64.2 Å². The number of nitriles is 1. The van der Waals surface area contributed by atoms with Crippen LogP contribution in [0, 0.1) is 40.4 Å². The van der Waals surface area contributed by atoms with E-state index in [1.807, 2.05) is 0 Å². The summed E-state index contributed by atoms with van der Waals surface area (Å²) >= 11 is 0. The summed E-state index contributed by atoms with van der Waals surface area (Å²) in [5.41, 5.74) is 0.451. The summed E-state index contributed by atoms with van der Waals surface area (Å²) in [5.74, 6) is 2.34. The first-order valence-electron chi connectivity index (χ1n) is 8.23. The van der Waals surface area contributed by atoms with E-state index in [1.165, 1.54) is 19.3 Å². The molecule has 0 aromatic heterocycles. The standard InChI is InChI=1S/C17H27NOSi/c1-11-7-13-5-6-14-16(20(2,3)4)12(10-18)9-17(13,14)15(19)8-11/h11-14,16H,5-9H2,1-4H3/t11-,12-,13-,14-,16-,17+/m0/s1. The Balaban J connectivity index is 2.03. The number of ketones is 1. The van der Waals surface area contributed by atoms with Crippen LogP contribution >= 0.6 is 0 Å². The minimum atomic E-state index is -1.40. The average molecular weight is 289 g/mol. The van der Waals surface area contributed by atoms with Gasteiger partial charge >= 0.3 is 0 Å². The molecule has 0 unspecified atom stereocenters. The number of carbonyl (C=O) groups is 1. The zero-order valence-corrected chi connectivity index (χ0v) is 14.3. The Morgan fingerprint density at radius 1 is 1.30 bits per heavy atom. The molecule has 3 aliphatic rings. The summed E-state index contributed by atoms with van der Waals surface area (Å²) in [6, 6.07) is 2.59. The molecule has 1 spiro atoms. The molecule has 0 aliphatic heterocycles. The van der Waals surface area contributed by atoms with Gasteiger partial charge < -0.3 is 0 Å². The van der Waals surface area contributed by atoms with Crippen LogP contribution in [-0.2, 0) is 4.79 Å². The first-order chi connectivity index (χ1) is 9.30. The maximum atomic E-state index is 12.9. The monoisotopic (exact) mass is 289 g/mol. The van der Waals surface area contributed by atoms with E-state index in [0.29, 0.717) is 29.1 Å². The van der Waals surface area contributed by atoms with E-state index in [1.54, 1.807) is 0 Å². The Morgan fingerprint density at radius 2 is 2.00 bits per heavy atom. The number of nitrogens with zero attached hydrogens (tertiary/aromatic N) is 1. The lowest BCUT2D eigenvalue weighted by Gasteiger charge is -2.42. The molecule has 0 aromatic carbocycles. The highest BCUT2D eigenvalue weighted by Crippen LogP contribution is 2.69. The number of hydrogen-bond acceptors (Lipinski definition) is 2. The number of rotatable bonds is 1. The molecule has 0 amide bonds. The SMILES string of the molecule is C[C@@H]1CC(=O)[C@@]23C[C@@H](C#N)[C@H]([Si](C)(C)C)[C@@H]2CC[C@H]3C1. The van der Waals surface area contributed by atoms with E-state index in [-0.39, 0.29) is 11.3 Å². The Labute approximate surface area is 123 Å². The van der Waals surface area contributed by atoms with E-state index in [9.17, 15) is 10.1 Å². The summed E-state index contributed by atoms with van der Waals surface area (Å²) in [6.07, 6.45) is 5.32. The van der Waals surface area contributed by atoms with Gasteiger partial charge in [-0.05, 0) is 49.0 Å². The molecular formula is C17H27NOSi. The first kappa shape index (κ1) is 14.3. The maximum absolute atomic E-state index is 12.9. The van der Waals surface area contributed by atoms with E-state index in [4.69, 9.17) is 0 Å². The van der Waals surface area contributed by atoms with Crippen LogP contribution in [-0.4, -0.2) is 13.9 Å². The Morgan fingerprint density at radius 3 is 2.60 bits per heavy atom. The molecule has 0 N–H and O–H groups in total. The molecule has 6 atom stereocenters. The average Bonchev–Trinajstić information content (AvgIpc) is 2.83. The normalized spacial score (nSPS) is 47.8. The third-order valence-corrected chi connectivity index (χ3v) is 9.35. The molecule has 0 aromatic rings. The molecule has 110 valence electrons. The van der Waals surface area contributed by atoms with Crippen molar-refractivity contribution in [2.24, 2.45) is 29.1 Å². The van der Waals surface area contributed by atoms with Crippen LogP contribution in [0.1, 0.15) is 39.0 Å². The third-order valence-electron chi connectivity index (χ3n) is 6.55. The smallest absolute Gasteiger partial charge is 0.139 e. The fourth-order valence-corrected chi connectivity index (χ4v) is 9.14. The molecule has 0 heterocycles. The van der Waals surface area contributed by atoms with Crippen molar-refractivity contribution in [3.05, 3.63) is 0 Å². The highest BCUT2D eigenvalue weighted by atomic mass is 28.3. The molecule has 3 saturated carbocycles. The second-order valence-corrected chi connectivity index (χ2v) is 14.1. The predicted octanol–water partition coefficient (Wildman–Crippen LogP) is 4.25. The van der Waals surface area contributed by atoms with E-state index >= 15 is 0 Å². The minimum Gasteiger partial charge on any atom is -0.299 e. The van der Waals surface area contributed by atoms with Gasteiger partial charge in [-0.15, -0.1) is 0 Å². The number of Topliss-reactive ketones (excluding diaryl/α,β-unsaturated/α-hetero) is 1. The van der Waals surface area contributed by atoms with Crippen LogP contribution in [0.15, 0.2) is 0 Å². The van der Waals surface area contributed by atoms with Crippen molar-refractivity contribution in [2.75, 3.05) is 0 Å². The molecule has 0 saturated heterocycles. The minimum absolute atomic E-state index is 0.0855. The van der Waals surface area contributed by atoms with Crippen molar-refractivity contribution in [1.82, 2.24) is 0 Å². The van der Waals surface area contributed by atoms with Gasteiger partial charge in [0.2, 0.25) is 0 Å². The molecule has 2 nitrogen and oxygen atoms in total. The Hall–Kier alpha value is -0.623. The lowest BCUT2D eigenvalue weighted by Crippen LogP contribution is -2.44. The van der Waals surface area contributed by atoms with Gasteiger partial charge in [0, 0.05) is 25.8 Å². The molecular weight excluding hydrogens is 262 g/mol. The van der Waals surface area contributed by atoms with Crippen LogP contribution in [0.25, 0.3) is 0 Å². The maximum Gasteiger partial charge on any atom is 0.139 e. The molecule has 0 bridgehead atoms. The van der Waals surface area contributed by atoms with Gasteiger partial charge in [-0.1, -0.05) is 26.6 Å². The van der Waals surface area contributed by atoms with Crippen molar-refractivity contribution in [3.8, 4) is 6.07 Å². The molecule has 3 heteroatoms. The Bertz CT molecular complexity index is 474. The van der Waals surface area contributed by atoms with Crippen LogP contribution < -0.4 is 0 Å². The van der Waals surface area contributed by atoms with Gasteiger partial charge in [0.15, 0.2) is 0 Å². The quantitative estimate of drug-likeness (QED) is 0.677. The summed E-state index contributed by atoms with van der Waals surface area (Å²) in [6.45, 7) is 9.41. The molecule has 3 rings (SSSR count). The van der Waals surface area contributed by atoms with E-state index in [2.05, 4.69) is 32.6 Å². The van der Waals surface area contributed by atoms with Gasteiger partial charge in [-0.3, -0.25) is 4.79 Å². The molecule has 3 aliphatic carbocycles. The van der Waals surface area contributed by atoms with E-state index in [0.717, 1.165) is 12.8 Å². The van der Waals surface area contributed by atoms with Gasteiger partial charge in [-0.2, -0.15) is 5.26 Å². The summed E-state index contributed by atoms with van der Waals surface area (Å²) in [5, 5.41) is 9.64. The zero-order chi connectivity index (χ0) is 14.7. The highest BCUT2D eigenvalue weighted by molar-refractivity contribution is 6.77. The van der Waals surface area contributed by atoms with Crippen LogP contribution in [0.4, 0.5) is 0 Å². The highest BCUT2D eigenvalue weighted by Gasteiger charge is 2.66. The summed E-state index contributed by atoms with van der Waals surface area (Å²) in [4.78, 5) is 12.9. The zero-order valence-electron chi connectivity index (χ0n) is 13.3. The van der Waals surface area contributed by atoms with Crippen LogP contribution in [0.3, 0.4) is 0 Å². The fourth-order valence-electron chi connectivity index (χ4n) is 6.07. The molecule has 0 radical (unpaired) electrons. The second-order valence-electron chi connectivity index (χ2n) is 8.72. The largest absolute Gasteiger partial charge is 0.299 e. The number of hydrogen-bond donors (Lipinski definition) is 0. The van der Waals surface area contributed by atoms with Crippen LogP contribution in [0.5, 0.6) is 0 Å². The van der Waals surface area contributed by atoms with Crippen molar-refractivity contribution in [1.29, 1.82) is 5.26 Å². The molecule has 20 heavy (non-hydrogen) atoms. The summed E-state index contributed by atoms with van der Waals surface area (Å²) < 4.78 is 0. The second kappa shape index (κ2) is 4.43. The van der Waals surface area contributed by atoms with Gasteiger partial charge in [0.1, 0.15) is 5.78 Å². The van der Waals surface area contributed by atoms with Crippen molar-refractivity contribution >= 4 is 13.9 Å². The third kappa shape index (κ3) is 1.77. The summed E-state index contributed by atoms with van der Waals surface area (Å²) in [7, 11) is -1.40. The van der Waals surface area contributed by atoms with Gasteiger partial charge in [0.05, 0.1) is 6.07 Å². The van der Waals surface area contributed by atoms with Gasteiger partial charge in [0.25, 0.3) is 0 Å². The number of carbonyl (C=O) groups excluding carboxylic acids is 1. The predicted molar refractivity (Wildman–Crippen MR) is 82.9 cm³/mol. The first-order valence-corrected chi connectivity index (χ1v) is 11.8. The lowest BCUT2D eigenvalue weighted by atomic mass is 9.62. The van der Waals surface area contributed by atoms with Crippen LogP contribution in [0.2, 0.25) is 25.2 Å². The van der Waals surface area contributed by atoms with E-state index < -0.39 is 8.07 Å². The molecule has 3 fully saturated rings. The fraction of sp³-hybridized carbons (Fsp3) is 0.882. The van der Waals surface area contributed by atoms with Crippen molar-refractivity contribution in [3.63, 3.8) is 0 Å². The van der Waals surface area contributed by atoms with Crippen molar-refractivity contribution < 1.29 is 4.79 Å². The Kier molecular flexibility index (Phi) is 3.17.